The molecule has 3 aromatic rings. The number of amides is 1. The fourth-order valence-electron chi connectivity index (χ4n) is 3.41. The Morgan fingerprint density at radius 1 is 1.06 bits per heavy atom. The Balaban J connectivity index is 1.70. The lowest BCUT2D eigenvalue weighted by molar-refractivity contribution is 0.113. The van der Waals surface area contributed by atoms with Gasteiger partial charge in [-0.1, -0.05) is 30.3 Å². The van der Waals surface area contributed by atoms with Crippen molar-refractivity contribution in [3.63, 3.8) is 0 Å². The summed E-state index contributed by atoms with van der Waals surface area (Å²) in [5, 5.41) is 7.25. The first-order valence-corrected chi connectivity index (χ1v) is 11.4. The highest BCUT2D eigenvalue weighted by Gasteiger charge is 2.08. The van der Waals surface area contributed by atoms with Crippen molar-refractivity contribution < 1.29 is 14.3 Å². The van der Waals surface area contributed by atoms with Crippen molar-refractivity contribution in [2.45, 2.75) is 26.5 Å². The summed E-state index contributed by atoms with van der Waals surface area (Å²) in [4.78, 5) is 26.3. The molecule has 3 rings (SSSR count). The van der Waals surface area contributed by atoms with E-state index in [-0.39, 0.29) is 12.1 Å². The zero-order valence-electron chi connectivity index (χ0n) is 20.0. The van der Waals surface area contributed by atoms with Gasteiger partial charge in [-0.3, -0.25) is 10.1 Å². The van der Waals surface area contributed by atoms with Gasteiger partial charge in [-0.25, -0.2) is 9.48 Å². The molecule has 2 aromatic carbocycles. The molecule has 0 aliphatic carbocycles. The Kier molecular flexibility index (Phi) is 9.37. The molecule has 1 heterocycles. The van der Waals surface area contributed by atoms with Crippen LogP contribution in [0.2, 0.25) is 0 Å². The normalized spacial score (nSPS) is 10.9. The van der Waals surface area contributed by atoms with Crippen molar-refractivity contribution in [3.05, 3.63) is 82.1 Å². The fourth-order valence-corrected chi connectivity index (χ4v) is 3.41. The summed E-state index contributed by atoms with van der Waals surface area (Å²) in [5.41, 5.74) is 3.91. The molecule has 0 unspecified atom stereocenters. The highest BCUT2D eigenvalue weighted by Crippen LogP contribution is 2.18. The Labute approximate surface area is 200 Å². The van der Waals surface area contributed by atoms with Crippen LogP contribution in [0.4, 0.5) is 10.5 Å². The summed E-state index contributed by atoms with van der Waals surface area (Å²) in [7, 11) is 4.10. The molecule has 8 nitrogen and oxygen atoms in total. The van der Waals surface area contributed by atoms with E-state index in [0.717, 1.165) is 29.7 Å². The molecular weight excluding hydrogens is 432 g/mol. The molecule has 0 radical (unpaired) electrons. The van der Waals surface area contributed by atoms with Crippen LogP contribution in [0, 0.1) is 0 Å². The summed E-state index contributed by atoms with van der Waals surface area (Å²) >= 11 is 0. The monoisotopic (exact) mass is 464 g/mol. The fraction of sp³-hybridized carbons (Fsp3) is 0.346. The number of aromatic nitrogens is 2. The SMILES string of the molecule is CCOC(=O)Nc1cccc(Cn2nc(-c3cccc(COCCCN(C)C)c3)ccc2=O)c1. The topological polar surface area (TPSA) is 85.7 Å². The van der Waals surface area contributed by atoms with Crippen LogP contribution in [-0.2, 0) is 22.6 Å². The molecule has 0 atom stereocenters. The predicted octanol–water partition coefficient (Wildman–Crippen LogP) is 4.00. The van der Waals surface area contributed by atoms with Gasteiger partial charge in [-0.05, 0) is 69.4 Å². The molecule has 1 amide bonds. The number of carbonyl (C=O) groups excluding carboxylic acids is 1. The minimum Gasteiger partial charge on any atom is -0.450 e. The van der Waals surface area contributed by atoms with E-state index in [1.807, 2.05) is 50.5 Å². The summed E-state index contributed by atoms with van der Waals surface area (Å²) < 4.78 is 12.1. The minimum atomic E-state index is -0.515. The van der Waals surface area contributed by atoms with Crippen molar-refractivity contribution in [3.8, 4) is 11.3 Å². The van der Waals surface area contributed by atoms with Gasteiger partial charge < -0.3 is 14.4 Å². The number of anilines is 1. The Morgan fingerprint density at radius 2 is 1.85 bits per heavy atom. The van der Waals surface area contributed by atoms with Crippen molar-refractivity contribution in [1.29, 1.82) is 0 Å². The largest absolute Gasteiger partial charge is 0.450 e. The van der Waals surface area contributed by atoms with E-state index in [4.69, 9.17) is 9.47 Å². The van der Waals surface area contributed by atoms with Gasteiger partial charge in [0.2, 0.25) is 0 Å². The minimum absolute atomic E-state index is 0.201. The molecule has 0 bridgehead atoms. The lowest BCUT2D eigenvalue weighted by atomic mass is 10.1. The first kappa shape index (κ1) is 25.1. The van der Waals surface area contributed by atoms with Crippen molar-refractivity contribution in [1.82, 2.24) is 14.7 Å². The zero-order valence-corrected chi connectivity index (χ0v) is 20.0. The molecule has 8 heteroatoms. The highest BCUT2D eigenvalue weighted by molar-refractivity contribution is 5.84. The number of hydrogen-bond acceptors (Lipinski definition) is 6. The average molecular weight is 465 g/mol. The third kappa shape index (κ3) is 7.83. The summed E-state index contributed by atoms with van der Waals surface area (Å²) in [6.07, 6.45) is 0.467. The van der Waals surface area contributed by atoms with Crippen LogP contribution in [0.25, 0.3) is 11.3 Å². The quantitative estimate of drug-likeness (QED) is 0.432. The molecule has 0 aliphatic rings. The van der Waals surface area contributed by atoms with Gasteiger partial charge in [0.05, 0.1) is 25.5 Å². The number of carbonyl (C=O) groups is 1. The molecule has 34 heavy (non-hydrogen) atoms. The molecule has 180 valence electrons. The van der Waals surface area contributed by atoms with Crippen LogP contribution < -0.4 is 10.9 Å². The van der Waals surface area contributed by atoms with E-state index < -0.39 is 6.09 Å². The average Bonchev–Trinajstić information content (AvgIpc) is 2.81. The van der Waals surface area contributed by atoms with Gasteiger partial charge in [0, 0.05) is 23.9 Å². The van der Waals surface area contributed by atoms with Crippen LogP contribution in [0.3, 0.4) is 0 Å². The number of benzene rings is 2. The van der Waals surface area contributed by atoms with Crippen molar-refractivity contribution >= 4 is 11.8 Å². The molecule has 0 fully saturated rings. The van der Waals surface area contributed by atoms with Gasteiger partial charge in [0.1, 0.15) is 0 Å². The van der Waals surface area contributed by atoms with Crippen molar-refractivity contribution in [2.75, 3.05) is 39.2 Å². The molecule has 0 aliphatic heterocycles. The summed E-state index contributed by atoms with van der Waals surface area (Å²) in [6, 6.07) is 18.5. The Hall–Kier alpha value is -3.49. The van der Waals surface area contributed by atoms with Gasteiger partial charge in [-0.2, -0.15) is 5.10 Å². The van der Waals surface area contributed by atoms with E-state index in [0.29, 0.717) is 31.2 Å². The highest BCUT2D eigenvalue weighted by atomic mass is 16.5. The second-order valence-corrected chi connectivity index (χ2v) is 8.17. The van der Waals surface area contributed by atoms with Crippen LogP contribution in [0.1, 0.15) is 24.5 Å². The number of hydrogen-bond donors (Lipinski definition) is 1. The van der Waals surface area contributed by atoms with Gasteiger partial charge in [0.15, 0.2) is 0 Å². The van der Waals surface area contributed by atoms with Gasteiger partial charge >= 0.3 is 6.09 Å². The standard InChI is InChI=1S/C26H32N4O4/c1-4-34-26(32)27-23-11-6-8-20(17-23)18-30-25(31)13-12-24(28-30)22-10-5-9-21(16-22)19-33-15-7-14-29(2)3/h5-6,8-13,16-17H,4,7,14-15,18-19H2,1-3H3,(H,27,32). The first-order valence-electron chi connectivity index (χ1n) is 11.4. The second kappa shape index (κ2) is 12.7. The van der Waals surface area contributed by atoms with E-state index >= 15 is 0 Å². The van der Waals surface area contributed by atoms with Gasteiger partial charge in [0.25, 0.3) is 5.56 Å². The smallest absolute Gasteiger partial charge is 0.411 e. The van der Waals surface area contributed by atoms with Gasteiger partial charge in [-0.15, -0.1) is 0 Å². The summed E-state index contributed by atoms with van der Waals surface area (Å²) in [6.45, 7) is 4.54. The van der Waals surface area contributed by atoms with Crippen LogP contribution in [0.15, 0.2) is 65.5 Å². The second-order valence-electron chi connectivity index (χ2n) is 8.17. The first-order chi connectivity index (χ1) is 16.4. The van der Waals surface area contributed by atoms with E-state index in [2.05, 4.69) is 15.3 Å². The Morgan fingerprint density at radius 3 is 2.65 bits per heavy atom. The van der Waals surface area contributed by atoms with E-state index in [9.17, 15) is 9.59 Å². The number of nitrogens with one attached hydrogen (secondary N) is 1. The lowest BCUT2D eigenvalue weighted by Crippen LogP contribution is -2.23. The van der Waals surface area contributed by atoms with Crippen molar-refractivity contribution in [2.24, 2.45) is 0 Å². The molecule has 1 aromatic heterocycles. The molecule has 0 saturated carbocycles. The van der Waals surface area contributed by atoms with Crippen LogP contribution in [-0.4, -0.2) is 54.6 Å². The molecule has 0 spiro atoms. The third-order valence-electron chi connectivity index (χ3n) is 5.03. The zero-order chi connectivity index (χ0) is 24.3. The molecule has 0 saturated heterocycles. The number of rotatable bonds is 11. The third-order valence-corrected chi connectivity index (χ3v) is 5.03. The maximum Gasteiger partial charge on any atom is 0.411 e. The van der Waals surface area contributed by atoms with E-state index in [1.54, 1.807) is 25.1 Å². The number of ether oxygens (including phenoxy) is 2. The van der Waals surface area contributed by atoms with E-state index in [1.165, 1.54) is 10.7 Å². The van der Waals surface area contributed by atoms with Crippen LogP contribution >= 0.6 is 0 Å². The predicted molar refractivity (Wildman–Crippen MR) is 133 cm³/mol. The Bertz CT molecular complexity index is 1140. The maximum absolute atomic E-state index is 12.5. The lowest BCUT2D eigenvalue weighted by Gasteiger charge is -2.11. The number of nitrogens with zero attached hydrogens (tertiary/aromatic N) is 3. The van der Waals surface area contributed by atoms with Crippen LogP contribution in [0.5, 0.6) is 0 Å². The molecular formula is C26H32N4O4. The maximum atomic E-state index is 12.5. The molecule has 1 N–H and O–H groups in total. The summed E-state index contributed by atoms with van der Waals surface area (Å²) in [5.74, 6) is 0.